The van der Waals surface area contributed by atoms with Crippen molar-refractivity contribution in [3.63, 3.8) is 0 Å². The Morgan fingerprint density at radius 2 is 1.84 bits per heavy atom. The van der Waals surface area contributed by atoms with Crippen LogP contribution in [0.25, 0.3) is 0 Å². The average Bonchev–Trinajstić information content (AvgIpc) is 2.59. The highest BCUT2D eigenvalue weighted by Gasteiger charge is 2.32. The number of nitriles is 1. The Balaban J connectivity index is 2.07. The van der Waals surface area contributed by atoms with Gasteiger partial charge in [0.1, 0.15) is 6.54 Å². The summed E-state index contributed by atoms with van der Waals surface area (Å²) in [4.78, 5) is 23.9. The third-order valence-corrected chi connectivity index (χ3v) is 4.99. The van der Waals surface area contributed by atoms with E-state index in [-0.39, 0.29) is 24.1 Å². The molecule has 0 heterocycles. The topological polar surface area (TPSA) is 116 Å². The molecular formula is C16H18FN3O4S. The number of nitrogens with zero attached hydrogens (tertiary/aromatic N) is 1. The molecule has 2 N–H and O–H groups in total. The fourth-order valence-corrected chi connectivity index (χ4v) is 3.36. The zero-order valence-electron chi connectivity index (χ0n) is 13.4. The maximum Gasteiger partial charge on any atom is 0.332 e. The zero-order valence-corrected chi connectivity index (χ0v) is 14.2. The lowest BCUT2D eigenvalue weighted by Crippen LogP contribution is -2.48. The Morgan fingerprint density at radius 3 is 2.44 bits per heavy atom. The molecule has 9 heteroatoms. The van der Waals surface area contributed by atoms with E-state index in [1.165, 1.54) is 12.1 Å². The molecule has 0 spiro atoms. The van der Waals surface area contributed by atoms with Crippen LogP contribution in [-0.4, -0.2) is 32.8 Å². The van der Waals surface area contributed by atoms with Gasteiger partial charge in [-0.3, -0.25) is 9.59 Å². The van der Waals surface area contributed by atoms with Crippen LogP contribution in [0.5, 0.6) is 0 Å². The summed E-state index contributed by atoms with van der Waals surface area (Å²) in [6, 6.07) is 5.93. The van der Waals surface area contributed by atoms with Gasteiger partial charge in [0.05, 0.1) is 16.9 Å². The van der Waals surface area contributed by atoms with E-state index in [4.69, 9.17) is 5.26 Å². The minimum absolute atomic E-state index is 0.0881. The van der Waals surface area contributed by atoms with Gasteiger partial charge in [-0.1, -0.05) is 12.8 Å². The van der Waals surface area contributed by atoms with E-state index in [0.717, 1.165) is 25.0 Å². The summed E-state index contributed by atoms with van der Waals surface area (Å²) in [5.41, 5.74) is 0.175. The first-order valence-electron chi connectivity index (χ1n) is 7.83. The molecule has 1 aromatic rings. The Morgan fingerprint density at radius 1 is 1.20 bits per heavy atom. The number of nitrogens with one attached hydrogen (secondary N) is 2. The molecule has 0 aliphatic heterocycles. The lowest BCUT2D eigenvalue weighted by Gasteiger charge is -2.31. The van der Waals surface area contributed by atoms with E-state index >= 15 is 0 Å². The molecule has 1 fully saturated rings. The van der Waals surface area contributed by atoms with Gasteiger partial charge in [-0.2, -0.15) is 13.7 Å². The minimum atomic E-state index is -4.81. The Hall–Kier alpha value is -2.47. The van der Waals surface area contributed by atoms with Crippen molar-refractivity contribution in [1.82, 2.24) is 10.6 Å². The van der Waals surface area contributed by atoms with Crippen LogP contribution in [0, 0.1) is 17.2 Å². The van der Waals surface area contributed by atoms with Crippen LogP contribution in [0.15, 0.2) is 29.2 Å². The highest BCUT2D eigenvalue weighted by atomic mass is 32.3. The van der Waals surface area contributed by atoms with E-state index in [1.54, 1.807) is 0 Å². The standard InChI is InChI=1S/C16H18FN3O4S/c17-25(23,24)12-7-5-11(6-8-12)15(21)20-14-4-2-1-3-13(14)16(22)19-10-9-18/h5-8,13-14H,1-4,10H2,(H,19,22)(H,20,21)/t13-,14+/m1/s1. The second kappa shape index (κ2) is 8.07. The number of benzene rings is 1. The Kier molecular flexibility index (Phi) is 6.09. The molecule has 1 aromatic carbocycles. The number of carbonyl (C=O) groups is 2. The molecule has 1 saturated carbocycles. The van der Waals surface area contributed by atoms with Crippen LogP contribution in [0.4, 0.5) is 3.89 Å². The van der Waals surface area contributed by atoms with Crippen LogP contribution in [0.1, 0.15) is 36.0 Å². The summed E-state index contributed by atoms with van der Waals surface area (Å²) in [6.07, 6.45) is 2.97. The van der Waals surface area contributed by atoms with Crippen molar-refractivity contribution >= 4 is 22.0 Å². The van der Waals surface area contributed by atoms with Crippen LogP contribution in [-0.2, 0) is 15.0 Å². The highest BCUT2D eigenvalue weighted by molar-refractivity contribution is 7.86. The lowest BCUT2D eigenvalue weighted by molar-refractivity contribution is -0.126. The predicted molar refractivity (Wildman–Crippen MR) is 86.6 cm³/mol. The maximum absolute atomic E-state index is 12.9. The minimum Gasteiger partial charge on any atom is -0.349 e. The number of rotatable bonds is 5. The van der Waals surface area contributed by atoms with Crippen LogP contribution in [0.3, 0.4) is 0 Å². The molecule has 2 amide bonds. The molecule has 0 unspecified atom stereocenters. The first kappa shape index (κ1) is 18.9. The van der Waals surface area contributed by atoms with Gasteiger partial charge < -0.3 is 10.6 Å². The van der Waals surface area contributed by atoms with Crippen LogP contribution < -0.4 is 10.6 Å². The molecule has 25 heavy (non-hydrogen) atoms. The smallest absolute Gasteiger partial charge is 0.332 e. The average molecular weight is 367 g/mol. The van der Waals surface area contributed by atoms with Gasteiger partial charge in [0.15, 0.2) is 0 Å². The van der Waals surface area contributed by atoms with Crippen molar-refractivity contribution in [2.75, 3.05) is 6.54 Å². The van der Waals surface area contributed by atoms with Gasteiger partial charge in [-0.05, 0) is 37.1 Å². The van der Waals surface area contributed by atoms with E-state index < -0.39 is 26.9 Å². The zero-order chi connectivity index (χ0) is 18.4. The highest BCUT2D eigenvalue weighted by Crippen LogP contribution is 2.25. The summed E-state index contributed by atoms with van der Waals surface area (Å²) in [7, 11) is -4.81. The molecule has 0 bridgehead atoms. The lowest BCUT2D eigenvalue weighted by atomic mass is 9.83. The summed E-state index contributed by atoms with van der Waals surface area (Å²) < 4.78 is 34.5. The molecule has 134 valence electrons. The monoisotopic (exact) mass is 367 g/mol. The molecule has 0 aromatic heterocycles. The van der Waals surface area contributed by atoms with Gasteiger partial charge in [0.2, 0.25) is 5.91 Å². The largest absolute Gasteiger partial charge is 0.349 e. The predicted octanol–water partition coefficient (Wildman–Crippen LogP) is 1.27. The number of halogens is 1. The molecule has 0 radical (unpaired) electrons. The van der Waals surface area contributed by atoms with Crippen molar-refractivity contribution in [3.8, 4) is 6.07 Å². The summed E-state index contributed by atoms with van der Waals surface area (Å²) in [5.74, 6) is -1.16. The van der Waals surface area contributed by atoms with Crippen molar-refractivity contribution < 1.29 is 21.9 Å². The van der Waals surface area contributed by atoms with Gasteiger partial charge in [0.25, 0.3) is 5.91 Å². The number of hydrogen-bond acceptors (Lipinski definition) is 5. The second-order valence-corrected chi connectivity index (χ2v) is 7.16. The van der Waals surface area contributed by atoms with Gasteiger partial charge in [-0.15, -0.1) is 3.89 Å². The normalized spacial score (nSPS) is 20.3. The van der Waals surface area contributed by atoms with Crippen LogP contribution in [0.2, 0.25) is 0 Å². The second-order valence-electron chi connectivity index (χ2n) is 5.81. The molecule has 2 rings (SSSR count). The first-order valence-corrected chi connectivity index (χ1v) is 9.21. The molecule has 1 aliphatic carbocycles. The van der Waals surface area contributed by atoms with E-state index in [2.05, 4.69) is 10.6 Å². The van der Waals surface area contributed by atoms with E-state index in [1.807, 2.05) is 6.07 Å². The van der Waals surface area contributed by atoms with Crippen molar-refractivity contribution in [2.24, 2.45) is 5.92 Å². The SMILES string of the molecule is N#CCNC(=O)[C@@H]1CCCC[C@@H]1NC(=O)c1ccc(S(=O)(=O)F)cc1. The summed E-state index contributed by atoms with van der Waals surface area (Å²) in [6.45, 7) is -0.0881. The summed E-state index contributed by atoms with van der Waals surface area (Å²) in [5, 5.41) is 13.8. The first-order chi connectivity index (χ1) is 11.8. The molecule has 7 nitrogen and oxygen atoms in total. The Bertz CT molecular complexity index is 787. The quantitative estimate of drug-likeness (QED) is 0.601. The molecule has 0 saturated heterocycles. The maximum atomic E-state index is 12.9. The fraction of sp³-hybridized carbons (Fsp3) is 0.438. The number of carbonyl (C=O) groups excluding carboxylic acids is 2. The van der Waals surface area contributed by atoms with Gasteiger partial charge in [-0.25, -0.2) is 0 Å². The molecule has 1 aliphatic rings. The number of hydrogen-bond donors (Lipinski definition) is 2. The van der Waals surface area contributed by atoms with Crippen molar-refractivity contribution in [1.29, 1.82) is 5.26 Å². The van der Waals surface area contributed by atoms with Crippen molar-refractivity contribution in [3.05, 3.63) is 29.8 Å². The summed E-state index contributed by atoms with van der Waals surface area (Å²) >= 11 is 0. The van der Waals surface area contributed by atoms with E-state index in [9.17, 15) is 21.9 Å². The third-order valence-electron chi connectivity index (χ3n) is 4.16. The fourth-order valence-electron chi connectivity index (χ4n) is 2.90. The van der Waals surface area contributed by atoms with Crippen LogP contribution >= 0.6 is 0 Å². The molecule has 2 atom stereocenters. The Labute approximate surface area is 145 Å². The third kappa shape index (κ3) is 5.00. The number of amides is 2. The van der Waals surface area contributed by atoms with Gasteiger partial charge >= 0.3 is 10.2 Å². The van der Waals surface area contributed by atoms with E-state index in [0.29, 0.717) is 12.8 Å². The van der Waals surface area contributed by atoms with Crippen molar-refractivity contribution in [2.45, 2.75) is 36.6 Å². The van der Waals surface area contributed by atoms with Gasteiger partial charge in [0, 0.05) is 11.6 Å². The molecular weight excluding hydrogens is 349 g/mol.